The molecule has 0 unspecified atom stereocenters. The number of ether oxygens (including phenoxy) is 4. The summed E-state index contributed by atoms with van der Waals surface area (Å²) in [5.41, 5.74) is 0.815. The minimum atomic E-state index is -0.734. The first-order valence-corrected chi connectivity index (χ1v) is 8.48. The van der Waals surface area contributed by atoms with Crippen molar-refractivity contribution in [2.75, 3.05) is 45.3 Å². The van der Waals surface area contributed by atoms with Crippen LogP contribution in [0.4, 0.5) is 11.4 Å². The van der Waals surface area contributed by atoms with E-state index in [-0.39, 0.29) is 23.8 Å². The van der Waals surface area contributed by atoms with Crippen LogP contribution in [0.5, 0.6) is 5.75 Å². The van der Waals surface area contributed by atoms with E-state index in [1.54, 1.807) is 36.6 Å². The van der Waals surface area contributed by atoms with Gasteiger partial charge in [-0.3, -0.25) is 4.79 Å². The Morgan fingerprint density at radius 1 is 1.00 bits per heavy atom. The number of esters is 2. The van der Waals surface area contributed by atoms with Crippen LogP contribution in [-0.2, 0) is 28.6 Å². The van der Waals surface area contributed by atoms with Crippen LogP contribution in [0.1, 0.15) is 0 Å². The topological polar surface area (TPSA) is 103 Å². The van der Waals surface area contributed by atoms with Crippen LogP contribution in [0.25, 0.3) is 0 Å². The number of anilines is 2. The molecule has 1 aliphatic heterocycles. The lowest BCUT2D eigenvalue weighted by Crippen LogP contribution is -2.27. The lowest BCUT2D eigenvalue weighted by Gasteiger charge is -2.24. The number of rotatable bonds is 7. The molecule has 0 bridgehead atoms. The van der Waals surface area contributed by atoms with Gasteiger partial charge in [0.15, 0.2) is 0 Å². The molecule has 29 heavy (non-hydrogen) atoms. The summed E-state index contributed by atoms with van der Waals surface area (Å²) >= 11 is 0. The Balaban J connectivity index is 2.59. The molecule has 2 rings (SSSR count). The van der Waals surface area contributed by atoms with E-state index >= 15 is 0 Å². The molecule has 0 saturated carbocycles. The number of hydrogen-bond acceptors (Lipinski definition) is 8. The molecule has 0 radical (unpaired) electrons. The van der Waals surface area contributed by atoms with Crippen molar-refractivity contribution >= 4 is 29.2 Å². The average Bonchev–Trinajstić information content (AvgIpc) is 2.95. The molecule has 1 heterocycles. The largest absolute Gasteiger partial charge is 0.495 e. The number of hydrogen-bond donors (Lipinski definition) is 1. The zero-order valence-corrected chi connectivity index (χ0v) is 16.6. The number of allylic oxidation sites excluding steroid dienone is 2. The summed E-state index contributed by atoms with van der Waals surface area (Å²) in [5.74, 6) is -1.40. The number of methoxy groups -OCH3 is 4. The van der Waals surface area contributed by atoms with E-state index in [4.69, 9.17) is 18.9 Å². The maximum absolute atomic E-state index is 12.5. The van der Waals surface area contributed by atoms with Gasteiger partial charge >= 0.3 is 11.9 Å². The monoisotopic (exact) mass is 402 g/mol. The number of nitrogens with zero attached hydrogens (tertiary/aromatic N) is 1. The molecule has 1 aliphatic rings. The van der Waals surface area contributed by atoms with Gasteiger partial charge in [-0.15, -0.1) is 0 Å². The van der Waals surface area contributed by atoms with Crippen LogP contribution in [-0.4, -0.2) is 52.9 Å². The lowest BCUT2D eigenvalue weighted by atomic mass is 10.1. The van der Waals surface area contributed by atoms with Crippen molar-refractivity contribution in [1.82, 2.24) is 0 Å². The molecule has 154 valence electrons. The predicted molar refractivity (Wildman–Crippen MR) is 105 cm³/mol. The zero-order valence-electron chi connectivity index (χ0n) is 16.6. The first-order chi connectivity index (χ1) is 14.0. The molecule has 0 aromatic heterocycles. The number of nitrogens with one attached hydrogen (secondary N) is 1. The molecular weight excluding hydrogens is 380 g/mol. The lowest BCUT2D eigenvalue weighted by molar-refractivity contribution is -0.139. The Kier molecular flexibility index (Phi) is 7.55. The minimum absolute atomic E-state index is 0.0186. The summed E-state index contributed by atoms with van der Waals surface area (Å²) in [6, 6.07) is 4.88. The molecule has 0 spiro atoms. The maximum atomic E-state index is 12.5. The molecule has 1 amide bonds. The van der Waals surface area contributed by atoms with Crippen molar-refractivity contribution in [2.45, 2.75) is 0 Å². The second-order valence-electron chi connectivity index (χ2n) is 5.68. The van der Waals surface area contributed by atoms with Gasteiger partial charge in [-0.25, -0.2) is 9.59 Å². The zero-order chi connectivity index (χ0) is 21.4. The Bertz CT molecular complexity index is 887. The molecule has 0 fully saturated rings. The summed E-state index contributed by atoms with van der Waals surface area (Å²) in [4.78, 5) is 38.1. The highest BCUT2D eigenvalue weighted by molar-refractivity contribution is 6.05. The molecule has 0 saturated heterocycles. The molecular formula is C20H22N2O7. The summed E-state index contributed by atoms with van der Waals surface area (Å²) in [6.07, 6.45) is 6.28. The van der Waals surface area contributed by atoms with E-state index in [2.05, 4.69) is 5.32 Å². The van der Waals surface area contributed by atoms with Crippen LogP contribution in [0.15, 0.2) is 53.9 Å². The normalized spacial score (nSPS) is 13.0. The second kappa shape index (κ2) is 10.1. The van der Waals surface area contributed by atoms with Gasteiger partial charge in [0.2, 0.25) is 5.91 Å². The van der Waals surface area contributed by atoms with Crippen LogP contribution in [0.3, 0.4) is 0 Å². The summed E-state index contributed by atoms with van der Waals surface area (Å²) in [6.45, 7) is -0.138. The third-order valence-corrected chi connectivity index (χ3v) is 3.90. The molecule has 0 aliphatic carbocycles. The van der Waals surface area contributed by atoms with Gasteiger partial charge in [0.25, 0.3) is 0 Å². The number of carbonyl (C=O) groups is 3. The van der Waals surface area contributed by atoms with Gasteiger partial charge in [0, 0.05) is 19.0 Å². The first kappa shape index (κ1) is 21.7. The molecule has 1 aromatic carbocycles. The third kappa shape index (κ3) is 5.02. The van der Waals surface area contributed by atoms with Gasteiger partial charge in [-0.05, 0) is 30.4 Å². The Hall–Kier alpha value is -3.59. The van der Waals surface area contributed by atoms with Crippen molar-refractivity contribution in [3.8, 4) is 5.75 Å². The molecule has 1 aromatic rings. The van der Waals surface area contributed by atoms with Crippen LogP contribution < -0.4 is 15.0 Å². The van der Waals surface area contributed by atoms with E-state index in [9.17, 15) is 14.4 Å². The quantitative estimate of drug-likeness (QED) is 0.689. The Morgan fingerprint density at radius 3 is 2.34 bits per heavy atom. The number of benzene rings is 1. The van der Waals surface area contributed by atoms with Crippen molar-refractivity contribution in [1.29, 1.82) is 0 Å². The highest BCUT2D eigenvalue weighted by atomic mass is 16.5. The summed E-state index contributed by atoms with van der Waals surface area (Å²) in [5, 5.41) is 2.68. The molecule has 9 nitrogen and oxygen atoms in total. The predicted octanol–water partition coefficient (Wildman–Crippen LogP) is 1.77. The van der Waals surface area contributed by atoms with Crippen molar-refractivity contribution < 1.29 is 33.3 Å². The molecule has 1 N–H and O–H groups in total. The van der Waals surface area contributed by atoms with E-state index < -0.39 is 11.9 Å². The summed E-state index contributed by atoms with van der Waals surface area (Å²) < 4.78 is 19.8. The minimum Gasteiger partial charge on any atom is -0.495 e. The maximum Gasteiger partial charge on any atom is 0.355 e. The fourth-order valence-corrected chi connectivity index (χ4v) is 2.63. The van der Waals surface area contributed by atoms with Crippen molar-refractivity contribution in [2.24, 2.45) is 0 Å². The van der Waals surface area contributed by atoms with E-state index in [1.165, 1.54) is 39.4 Å². The van der Waals surface area contributed by atoms with Gasteiger partial charge in [-0.2, -0.15) is 0 Å². The second-order valence-corrected chi connectivity index (χ2v) is 5.68. The fourth-order valence-electron chi connectivity index (χ4n) is 2.63. The van der Waals surface area contributed by atoms with Crippen LogP contribution in [0.2, 0.25) is 0 Å². The van der Waals surface area contributed by atoms with Gasteiger partial charge < -0.3 is 29.2 Å². The highest BCUT2D eigenvalue weighted by Crippen LogP contribution is 2.33. The smallest absolute Gasteiger partial charge is 0.355 e. The third-order valence-electron chi connectivity index (χ3n) is 3.90. The van der Waals surface area contributed by atoms with Crippen molar-refractivity contribution in [3.05, 3.63) is 53.9 Å². The molecule has 9 heteroatoms. The highest BCUT2D eigenvalue weighted by Gasteiger charge is 2.28. The molecule has 0 atom stereocenters. The van der Waals surface area contributed by atoms with E-state index in [1.807, 2.05) is 0 Å². The van der Waals surface area contributed by atoms with E-state index in [0.29, 0.717) is 17.1 Å². The Morgan fingerprint density at radius 2 is 1.72 bits per heavy atom. The van der Waals surface area contributed by atoms with Gasteiger partial charge in [0.05, 0.1) is 32.6 Å². The van der Waals surface area contributed by atoms with Crippen LogP contribution >= 0.6 is 0 Å². The Labute approximate surface area is 168 Å². The first-order valence-electron chi connectivity index (χ1n) is 8.48. The van der Waals surface area contributed by atoms with Gasteiger partial charge in [0.1, 0.15) is 18.1 Å². The standard InChI is InChI=1S/C20H22N2O7/c1-26-12-17(23)21-15-11-13(8-9-16(15)27-2)22-10-6-5-7-14(19(24)28-3)18(22)20(25)29-4/h5-11H,12H2,1-4H3,(H,21,23). The van der Waals surface area contributed by atoms with Crippen molar-refractivity contribution in [3.63, 3.8) is 0 Å². The van der Waals surface area contributed by atoms with E-state index in [0.717, 1.165) is 0 Å². The number of carbonyl (C=O) groups excluding carboxylic acids is 3. The number of amides is 1. The van der Waals surface area contributed by atoms with Crippen LogP contribution in [0, 0.1) is 0 Å². The van der Waals surface area contributed by atoms with Gasteiger partial charge in [-0.1, -0.05) is 6.08 Å². The fraction of sp³-hybridized carbons (Fsp3) is 0.250. The SMILES string of the molecule is COCC(=O)Nc1cc(N2C=CC=CC(C(=O)OC)=C2C(=O)OC)ccc1OC. The summed E-state index contributed by atoms with van der Waals surface area (Å²) in [7, 11) is 5.30. The average molecular weight is 402 g/mol.